The van der Waals surface area contributed by atoms with Crippen LogP contribution in [-0.4, -0.2) is 26.4 Å². The van der Waals surface area contributed by atoms with Gasteiger partial charge in [0.1, 0.15) is 5.82 Å². The van der Waals surface area contributed by atoms with Gasteiger partial charge in [-0.05, 0) is 23.4 Å². The molecule has 0 bridgehead atoms. The van der Waals surface area contributed by atoms with Crippen LogP contribution >= 0.6 is 0 Å². The van der Waals surface area contributed by atoms with Crippen LogP contribution in [0, 0.1) is 0 Å². The van der Waals surface area contributed by atoms with E-state index in [0.717, 1.165) is 43.1 Å². The normalized spacial score (nSPS) is 15.5. The SMILES string of the molecule is CC(C)(C)c1nc2c(c(=O)[nH]1)CCN(Cc1cccc3cc[nH]c13)C2. The Balaban J connectivity index is 1.63. The van der Waals surface area contributed by atoms with Gasteiger partial charge in [-0.1, -0.05) is 39.0 Å². The van der Waals surface area contributed by atoms with Crippen molar-refractivity contribution < 1.29 is 0 Å². The fraction of sp³-hybridized carbons (Fsp3) is 0.400. The highest BCUT2D eigenvalue weighted by molar-refractivity contribution is 5.82. The average molecular weight is 336 g/mol. The molecule has 0 spiro atoms. The Hall–Kier alpha value is -2.40. The van der Waals surface area contributed by atoms with E-state index in [0.29, 0.717) is 0 Å². The van der Waals surface area contributed by atoms with Crippen LogP contribution in [0.5, 0.6) is 0 Å². The predicted octanol–water partition coefficient (Wildman–Crippen LogP) is 3.11. The van der Waals surface area contributed by atoms with Crippen molar-refractivity contribution in [1.82, 2.24) is 19.9 Å². The fourth-order valence-electron chi connectivity index (χ4n) is 3.51. The first kappa shape index (κ1) is 16.1. The molecule has 0 radical (unpaired) electrons. The molecule has 3 aromatic rings. The quantitative estimate of drug-likeness (QED) is 0.756. The van der Waals surface area contributed by atoms with E-state index in [2.05, 4.69) is 59.9 Å². The highest BCUT2D eigenvalue weighted by Gasteiger charge is 2.25. The van der Waals surface area contributed by atoms with Gasteiger partial charge in [0.15, 0.2) is 0 Å². The maximum absolute atomic E-state index is 12.4. The summed E-state index contributed by atoms with van der Waals surface area (Å²) in [5, 5.41) is 1.24. The van der Waals surface area contributed by atoms with Gasteiger partial charge in [-0.2, -0.15) is 0 Å². The van der Waals surface area contributed by atoms with Crippen molar-refractivity contribution in [3.8, 4) is 0 Å². The van der Waals surface area contributed by atoms with Crippen molar-refractivity contribution in [3.05, 3.63) is 63.5 Å². The Kier molecular flexibility index (Phi) is 3.76. The maximum atomic E-state index is 12.4. The first-order valence-electron chi connectivity index (χ1n) is 8.82. The number of para-hydroxylation sites is 1. The van der Waals surface area contributed by atoms with Crippen molar-refractivity contribution in [2.75, 3.05) is 6.54 Å². The van der Waals surface area contributed by atoms with Gasteiger partial charge in [0, 0.05) is 42.3 Å². The fourth-order valence-corrected chi connectivity index (χ4v) is 3.51. The van der Waals surface area contributed by atoms with E-state index in [4.69, 9.17) is 4.98 Å². The first-order chi connectivity index (χ1) is 11.9. The molecule has 3 heterocycles. The summed E-state index contributed by atoms with van der Waals surface area (Å²) in [7, 11) is 0. The third-order valence-electron chi connectivity index (χ3n) is 4.93. The van der Waals surface area contributed by atoms with E-state index in [9.17, 15) is 4.79 Å². The second kappa shape index (κ2) is 5.85. The zero-order chi connectivity index (χ0) is 17.6. The van der Waals surface area contributed by atoms with Crippen LogP contribution < -0.4 is 5.56 Å². The summed E-state index contributed by atoms with van der Waals surface area (Å²) in [6.45, 7) is 8.68. The number of aromatic amines is 2. The Bertz CT molecular complexity index is 977. The molecule has 2 aromatic heterocycles. The van der Waals surface area contributed by atoms with E-state index in [-0.39, 0.29) is 11.0 Å². The summed E-state index contributed by atoms with van der Waals surface area (Å²) in [5.41, 5.74) is 4.13. The average Bonchev–Trinajstić information content (AvgIpc) is 3.03. The number of hydrogen-bond donors (Lipinski definition) is 2. The lowest BCUT2D eigenvalue weighted by Gasteiger charge is -2.29. The second-order valence-electron chi connectivity index (χ2n) is 7.91. The molecule has 0 fully saturated rings. The standard InChI is InChI=1S/C20H24N4O/c1-20(2,3)19-22-16-12-24(10-8-15(16)18(25)23-19)11-14-6-4-5-13-7-9-21-17(13)14/h4-7,9,21H,8,10-12H2,1-3H3,(H,22,23,25). The van der Waals surface area contributed by atoms with Gasteiger partial charge < -0.3 is 9.97 Å². The summed E-state index contributed by atoms with van der Waals surface area (Å²) < 4.78 is 0. The van der Waals surface area contributed by atoms with Crippen LogP contribution in [0.1, 0.15) is 43.4 Å². The molecule has 0 amide bonds. The molecule has 0 saturated carbocycles. The van der Waals surface area contributed by atoms with Gasteiger partial charge in [0.25, 0.3) is 5.56 Å². The van der Waals surface area contributed by atoms with Gasteiger partial charge in [-0.3, -0.25) is 9.69 Å². The molecule has 0 atom stereocenters. The lowest BCUT2D eigenvalue weighted by Crippen LogP contribution is -2.36. The van der Waals surface area contributed by atoms with Crippen LogP contribution in [0.4, 0.5) is 0 Å². The topological polar surface area (TPSA) is 64.8 Å². The van der Waals surface area contributed by atoms with Crippen LogP contribution in [0.15, 0.2) is 35.3 Å². The lowest BCUT2D eigenvalue weighted by molar-refractivity contribution is 0.240. The molecule has 1 aliphatic rings. The number of benzene rings is 1. The predicted molar refractivity (Wildman–Crippen MR) is 99.7 cm³/mol. The molecule has 0 saturated heterocycles. The Morgan fingerprint density at radius 2 is 2.08 bits per heavy atom. The Morgan fingerprint density at radius 1 is 1.24 bits per heavy atom. The first-order valence-corrected chi connectivity index (χ1v) is 8.82. The van der Waals surface area contributed by atoms with E-state index < -0.39 is 0 Å². The lowest BCUT2D eigenvalue weighted by atomic mass is 9.95. The number of nitrogens with zero attached hydrogens (tertiary/aromatic N) is 2. The van der Waals surface area contributed by atoms with E-state index in [1.165, 1.54) is 16.5 Å². The third-order valence-corrected chi connectivity index (χ3v) is 4.93. The van der Waals surface area contributed by atoms with E-state index in [1.54, 1.807) is 0 Å². The molecule has 4 rings (SSSR count). The minimum Gasteiger partial charge on any atom is -0.361 e. The smallest absolute Gasteiger partial charge is 0.254 e. The summed E-state index contributed by atoms with van der Waals surface area (Å²) in [5.74, 6) is 0.768. The third kappa shape index (κ3) is 3.00. The number of aromatic nitrogens is 3. The number of rotatable bonds is 2. The Labute approximate surface area is 147 Å². The molecule has 0 aliphatic carbocycles. The van der Waals surface area contributed by atoms with Crippen LogP contribution in [0.2, 0.25) is 0 Å². The summed E-state index contributed by atoms with van der Waals surface area (Å²) in [6, 6.07) is 8.49. The molecule has 25 heavy (non-hydrogen) atoms. The van der Waals surface area contributed by atoms with Crippen molar-refractivity contribution in [1.29, 1.82) is 0 Å². The monoisotopic (exact) mass is 336 g/mol. The second-order valence-corrected chi connectivity index (χ2v) is 7.91. The minimum absolute atomic E-state index is 0.0287. The van der Waals surface area contributed by atoms with Gasteiger partial charge in [0.2, 0.25) is 0 Å². The highest BCUT2D eigenvalue weighted by Crippen LogP contribution is 2.23. The number of nitrogens with one attached hydrogen (secondary N) is 2. The molecule has 0 unspecified atom stereocenters. The van der Waals surface area contributed by atoms with Crippen LogP contribution in [0.3, 0.4) is 0 Å². The molecule has 5 nitrogen and oxygen atoms in total. The van der Waals surface area contributed by atoms with Gasteiger partial charge in [-0.25, -0.2) is 4.98 Å². The van der Waals surface area contributed by atoms with Crippen molar-refractivity contribution in [3.63, 3.8) is 0 Å². The summed E-state index contributed by atoms with van der Waals surface area (Å²) in [4.78, 5) is 25.9. The zero-order valence-corrected chi connectivity index (χ0v) is 15.0. The summed E-state index contributed by atoms with van der Waals surface area (Å²) in [6.07, 6.45) is 2.74. The van der Waals surface area contributed by atoms with Crippen LogP contribution in [-0.2, 0) is 24.9 Å². The molecule has 5 heteroatoms. The largest absolute Gasteiger partial charge is 0.361 e. The molecule has 130 valence electrons. The van der Waals surface area contributed by atoms with E-state index in [1.807, 2.05) is 6.20 Å². The number of fused-ring (bicyclic) bond motifs is 2. The van der Waals surface area contributed by atoms with Gasteiger partial charge >= 0.3 is 0 Å². The number of H-pyrrole nitrogens is 2. The Morgan fingerprint density at radius 3 is 2.88 bits per heavy atom. The van der Waals surface area contributed by atoms with Gasteiger partial charge in [-0.15, -0.1) is 0 Å². The molecule has 2 N–H and O–H groups in total. The summed E-state index contributed by atoms with van der Waals surface area (Å²) >= 11 is 0. The number of hydrogen-bond acceptors (Lipinski definition) is 3. The zero-order valence-electron chi connectivity index (χ0n) is 15.0. The van der Waals surface area contributed by atoms with Gasteiger partial charge in [0.05, 0.1) is 5.69 Å². The molecule has 1 aliphatic heterocycles. The molecular weight excluding hydrogens is 312 g/mol. The highest BCUT2D eigenvalue weighted by atomic mass is 16.1. The van der Waals surface area contributed by atoms with Crippen molar-refractivity contribution in [2.45, 2.75) is 45.7 Å². The molecular formula is C20H24N4O. The minimum atomic E-state index is -0.160. The van der Waals surface area contributed by atoms with Crippen molar-refractivity contribution >= 4 is 10.9 Å². The van der Waals surface area contributed by atoms with Crippen LogP contribution in [0.25, 0.3) is 10.9 Å². The molecule has 1 aromatic carbocycles. The maximum Gasteiger partial charge on any atom is 0.254 e. The van der Waals surface area contributed by atoms with E-state index >= 15 is 0 Å². The van der Waals surface area contributed by atoms with Crippen molar-refractivity contribution in [2.24, 2.45) is 0 Å².